The van der Waals surface area contributed by atoms with E-state index in [0.29, 0.717) is 6.54 Å². The van der Waals surface area contributed by atoms with Crippen LogP contribution in [0.2, 0.25) is 0 Å². The molecule has 6 nitrogen and oxygen atoms in total. The van der Waals surface area contributed by atoms with Crippen LogP contribution in [-0.2, 0) is 9.59 Å². The first-order valence-corrected chi connectivity index (χ1v) is 9.41. The molecule has 2 rings (SSSR count). The van der Waals surface area contributed by atoms with Gasteiger partial charge in [0.1, 0.15) is 0 Å². The molecular formula is C20H32N4O2. The number of hydrogen-bond donors (Lipinski definition) is 2. The zero-order chi connectivity index (χ0) is 19.1. The van der Waals surface area contributed by atoms with E-state index in [9.17, 15) is 9.59 Å². The van der Waals surface area contributed by atoms with Gasteiger partial charge in [0.2, 0.25) is 0 Å². The number of hydrogen-bond acceptors (Lipinski definition) is 4. The topological polar surface area (TPSA) is 64.7 Å². The number of likely N-dealkylation sites (N-methyl/N-ethyl adjacent to an activating group) is 1. The van der Waals surface area contributed by atoms with E-state index in [2.05, 4.69) is 34.9 Å². The molecule has 26 heavy (non-hydrogen) atoms. The molecule has 0 saturated heterocycles. The second-order valence-corrected chi connectivity index (χ2v) is 7.48. The Bertz CT molecular complexity index is 592. The zero-order valence-corrected chi connectivity index (χ0v) is 16.4. The molecule has 1 atom stereocenters. The molecule has 2 N–H and O–H groups in total. The van der Waals surface area contributed by atoms with Crippen molar-refractivity contribution in [2.45, 2.75) is 44.2 Å². The van der Waals surface area contributed by atoms with Crippen molar-refractivity contribution in [1.29, 1.82) is 0 Å². The summed E-state index contributed by atoms with van der Waals surface area (Å²) in [7, 11) is 7.95. The largest absolute Gasteiger partial charge is 0.378 e. The van der Waals surface area contributed by atoms with Crippen molar-refractivity contribution in [2.24, 2.45) is 0 Å². The van der Waals surface area contributed by atoms with Gasteiger partial charge in [0.25, 0.3) is 0 Å². The predicted molar refractivity (Wildman–Crippen MR) is 105 cm³/mol. The molecule has 2 amide bonds. The van der Waals surface area contributed by atoms with E-state index >= 15 is 0 Å². The van der Waals surface area contributed by atoms with Gasteiger partial charge in [-0.3, -0.25) is 9.59 Å². The molecule has 0 aromatic heterocycles. The minimum absolute atomic E-state index is 0.0117. The third kappa shape index (κ3) is 5.73. The molecule has 6 heteroatoms. The van der Waals surface area contributed by atoms with Crippen LogP contribution >= 0.6 is 0 Å². The number of nitrogens with zero attached hydrogens (tertiary/aromatic N) is 2. The van der Waals surface area contributed by atoms with Gasteiger partial charge in [-0.2, -0.15) is 0 Å². The van der Waals surface area contributed by atoms with Crippen molar-refractivity contribution < 1.29 is 9.59 Å². The minimum Gasteiger partial charge on any atom is -0.378 e. The first-order chi connectivity index (χ1) is 12.4. The Morgan fingerprint density at radius 3 is 2.15 bits per heavy atom. The predicted octanol–water partition coefficient (Wildman–Crippen LogP) is 1.92. The van der Waals surface area contributed by atoms with Crippen molar-refractivity contribution in [3.63, 3.8) is 0 Å². The summed E-state index contributed by atoms with van der Waals surface area (Å²) in [6.45, 7) is 0.394. The highest BCUT2D eigenvalue weighted by molar-refractivity contribution is 6.35. The highest BCUT2D eigenvalue weighted by Gasteiger charge is 2.22. The number of anilines is 1. The fourth-order valence-corrected chi connectivity index (χ4v) is 3.36. The Morgan fingerprint density at radius 2 is 1.62 bits per heavy atom. The van der Waals surface area contributed by atoms with Gasteiger partial charge in [0, 0.05) is 32.4 Å². The number of amides is 2. The Balaban J connectivity index is 1.90. The van der Waals surface area contributed by atoms with E-state index in [0.717, 1.165) is 36.9 Å². The zero-order valence-electron chi connectivity index (χ0n) is 16.4. The maximum Gasteiger partial charge on any atom is 0.309 e. The molecule has 144 valence electrons. The lowest BCUT2D eigenvalue weighted by atomic mass is 9.95. The quantitative estimate of drug-likeness (QED) is 0.761. The van der Waals surface area contributed by atoms with Crippen LogP contribution in [0.1, 0.15) is 43.7 Å². The van der Waals surface area contributed by atoms with Crippen LogP contribution in [0.25, 0.3) is 0 Å². The molecule has 0 radical (unpaired) electrons. The summed E-state index contributed by atoms with van der Waals surface area (Å²) in [6.07, 6.45) is 5.40. The summed E-state index contributed by atoms with van der Waals surface area (Å²) >= 11 is 0. The van der Waals surface area contributed by atoms with Crippen molar-refractivity contribution in [3.05, 3.63) is 29.8 Å². The second-order valence-electron chi connectivity index (χ2n) is 7.48. The average Bonchev–Trinajstić information content (AvgIpc) is 2.62. The Labute approximate surface area is 156 Å². The van der Waals surface area contributed by atoms with E-state index in [1.165, 1.54) is 6.42 Å². The van der Waals surface area contributed by atoms with Crippen LogP contribution in [0.15, 0.2) is 24.3 Å². The Kier molecular flexibility index (Phi) is 7.45. The molecule has 1 aliphatic carbocycles. The summed E-state index contributed by atoms with van der Waals surface area (Å²) in [4.78, 5) is 28.4. The summed E-state index contributed by atoms with van der Waals surface area (Å²) in [5, 5.41) is 5.65. The maximum absolute atomic E-state index is 12.2. The Hall–Kier alpha value is -2.08. The summed E-state index contributed by atoms with van der Waals surface area (Å²) in [6, 6.07) is 8.40. The van der Waals surface area contributed by atoms with Gasteiger partial charge >= 0.3 is 11.8 Å². The molecule has 1 aliphatic rings. The van der Waals surface area contributed by atoms with Gasteiger partial charge in [0.15, 0.2) is 0 Å². The summed E-state index contributed by atoms with van der Waals surface area (Å²) in [5.41, 5.74) is 2.23. The molecule has 0 aliphatic heterocycles. The Morgan fingerprint density at radius 1 is 1.00 bits per heavy atom. The van der Waals surface area contributed by atoms with Gasteiger partial charge in [0.05, 0.1) is 6.04 Å². The van der Waals surface area contributed by atoms with Gasteiger partial charge in [-0.05, 0) is 44.6 Å². The molecule has 0 bridgehead atoms. The molecule has 1 aromatic rings. The van der Waals surface area contributed by atoms with Crippen molar-refractivity contribution in [3.8, 4) is 0 Å². The normalized spacial score (nSPS) is 16.2. The van der Waals surface area contributed by atoms with Crippen molar-refractivity contribution in [1.82, 2.24) is 15.5 Å². The average molecular weight is 361 g/mol. The third-order valence-corrected chi connectivity index (χ3v) is 5.02. The van der Waals surface area contributed by atoms with E-state index in [1.807, 2.05) is 38.0 Å². The van der Waals surface area contributed by atoms with E-state index < -0.39 is 11.8 Å². The van der Waals surface area contributed by atoms with Crippen LogP contribution in [0, 0.1) is 0 Å². The first-order valence-electron chi connectivity index (χ1n) is 9.41. The molecular weight excluding hydrogens is 328 g/mol. The van der Waals surface area contributed by atoms with Crippen molar-refractivity contribution in [2.75, 3.05) is 39.6 Å². The van der Waals surface area contributed by atoms with Gasteiger partial charge in [-0.25, -0.2) is 0 Å². The third-order valence-electron chi connectivity index (χ3n) is 5.02. The monoisotopic (exact) mass is 360 g/mol. The highest BCUT2D eigenvalue weighted by atomic mass is 16.2. The fourth-order valence-electron chi connectivity index (χ4n) is 3.36. The highest BCUT2D eigenvalue weighted by Crippen LogP contribution is 2.21. The van der Waals surface area contributed by atoms with Crippen LogP contribution in [0.3, 0.4) is 0 Å². The van der Waals surface area contributed by atoms with E-state index in [1.54, 1.807) is 0 Å². The molecule has 1 aromatic carbocycles. The molecule has 1 fully saturated rings. The first kappa shape index (κ1) is 20.2. The second kappa shape index (κ2) is 9.57. The fraction of sp³-hybridized carbons (Fsp3) is 0.600. The number of carbonyl (C=O) groups is 2. The SMILES string of the molecule is CN(C)c1ccc(C(CNC(=O)C(=O)NC2CCCCC2)N(C)C)cc1. The molecule has 0 heterocycles. The number of carbonyl (C=O) groups excluding carboxylic acids is 2. The minimum atomic E-state index is -0.549. The van der Waals surface area contributed by atoms with Gasteiger partial charge in [-0.1, -0.05) is 31.4 Å². The van der Waals surface area contributed by atoms with Crippen LogP contribution in [0.5, 0.6) is 0 Å². The summed E-state index contributed by atoms with van der Waals surface area (Å²) in [5.74, 6) is -1.07. The molecule has 1 unspecified atom stereocenters. The standard InChI is InChI=1S/C20H32N4O2/c1-23(2)17-12-10-15(11-13-17)18(24(3)4)14-21-19(25)20(26)22-16-8-6-5-7-9-16/h10-13,16,18H,5-9,14H2,1-4H3,(H,21,25)(H,22,26). The van der Waals surface area contributed by atoms with E-state index in [4.69, 9.17) is 0 Å². The van der Waals surface area contributed by atoms with E-state index in [-0.39, 0.29) is 12.1 Å². The summed E-state index contributed by atoms with van der Waals surface area (Å²) < 4.78 is 0. The number of nitrogens with one attached hydrogen (secondary N) is 2. The maximum atomic E-state index is 12.2. The number of rotatable bonds is 6. The lowest BCUT2D eigenvalue weighted by molar-refractivity contribution is -0.139. The van der Waals surface area contributed by atoms with Crippen molar-refractivity contribution >= 4 is 17.5 Å². The van der Waals surface area contributed by atoms with Gasteiger partial charge < -0.3 is 20.4 Å². The molecule has 1 saturated carbocycles. The van der Waals surface area contributed by atoms with Crippen LogP contribution < -0.4 is 15.5 Å². The number of benzene rings is 1. The lowest BCUT2D eigenvalue weighted by Gasteiger charge is -2.26. The smallest absolute Gasteiger partial charge is 0.309 e. The van der Waals surface area contributed by atoms with Crippen LogP contribution in [-0.4, -0.2) is 57.5 Å². The lowest BCUT2D eigenvalue weighted by Crippen LogP contribution is -2.46. The van der Waals surface area contributed by atoms with Gasteiger partial charge in [-0.15, -0.1) is 0 Å². The molecule has 0 spiro atoms. The van der Waals surface area contributed by atoms with Crippen LogP contribution in [0.4, 0.5) is 5.69 Å².